The van der Waals surface area contributed by atoms with E-state index in [0.717, 1.165) is 153 Å². The first kappa shape index (κ1) is 86.4. The van der Waals surface area contributed by atoms with Crippen LogP contribution in [-0.2, 0) is 9.30 Å². The number of hydrogen-bond acceptors (Lipinski definition) is 17. The van der Waals surface area contributed by atoms with Crippen LogP contribution in [0.4, 0.5) is 0 Å². The molecule has 4 aliphatic heterocycles. The van der Waals surface area contributed by atoms with Gasteiger partial charge in [-0.25, -0.2) is 39.3 Å². The number of nitrogens with zero attached hydrogens (tertiary/aromatic N) is 6. The number of methoxy groups -OCH3 is 1. The predicted octanol–water partition coefficient (Wildman–Crippen LogP) is 31.1. The average molecular weight is 1680 g/mol. The van der Waals surface area contributed by atoms with Gasteiger partial charge in [0.05, 0.1) is 45.8 Å². The molecule has 7 heterocycles. The van der Waals surface area contributed by atoms with Gasteiger partial charge in [0, 0.05) is 92.4 Å². The molecule has 5 unspecified atom stereocenters. The number of phosphoric acid groups is 1. The van der Waals surface area contributed by atoms with Gasteiger partial charge in [0.2, 0.25) is 0 Å². The fourth-order valence-corrected chi connectivity index (χ4v) is 20.1. The van der Waals surface area contributed by atoms with E-state index in [-0.39, 0.29) is 46.8 Å². The molecule has 1 aliphatic carbocycles. The Morgan fingerprint density at radius 2 is 0.545 bits per heavy atom. The minimum absolute atomic E-state index is 0.0852. The number of fused-ring (bicyclic) bond motifs is 6. The van der Waals surface area contributed by atoms with E-state index in [4.69, 9.17) is 72.1 Å². The number of carbonyl (C=O) groups excluding carboxylic acids is 1. The summed E-state index contributed by atoms with van der Waals surface area (Å²) in [5.74, 6) is 1.24. The van der Waals surface area contributed by atoms with Gasteiger partial charge >= 0.3 is 13.8 Å². The molecule has 0 amide bonds. The lowest BCUT2D eigenvalue weighted by Gasteiger charge is -2.32. The number of para-hydroxylation sites is 4. The lowest BCUT2D eigenvalue weighted by Crippen LogP contribution is -2.16. The molecule has 123 heavy (non-hydrogen) atoms. The van der Waals surface area contributed by atoms with E-state index in [1.54, 1.807) is 6.07 Å². The first-order valence-corrected chi connectivity index (χ1v) is 48.5. The Balaban J connectivity index is 0.989. The highest BCUT2D eigenvalue weighted by Crippen LogP contribution is 2.61. The molecular weight excluding hydrogens is 1560 g/mol. The van der Waals surface area contributed by atoms with Crippen molar-refractivity contribution in [2.75, 3.05) is 7.11 Å². The highest BCUT2D eigenvalue weighted by atomic mass is 31.2. The van der Waals surface area contributed by atoms with Crippen molar-refractivity contribution in [3.8, 4) is 92.4 Å². The molecule has 5 atom stereocenters. The Morgan fingerprint density at radius 1 is 0.301 bits per heavy atom. The number of aromatic nitrogens is 6. The summed E-state index contributed by atoms with van der Waals surface area (Å²) in [6.07, 6.45) is 43.1. The third-order valence-electron chi connectivity index (χ3n) is 25.9. The van der Waals surface area contributed by atoms with Gasteiger partial charge in [0.25, 0.3) is 35.3 Å². The predicted molar refractivity (Wildman–Crippen MR) is 487 cm³/mol. The molecule has 19 heteroatoms. The van der Waals surface area contributed by atoms with E-state index in [0.29, 0.717) is 104 Å². The molecule has 8 bridgehead atoms. The summed E-state index contributed by atoms with van der Waals surface area (Å²) in [5, 5.41) is 0. The van der Waals surface area contributed by atoms with Crippen LogP contribution in [0.3, 0.4) is 0 Å². The number of benzene rings is 8. The monoisotopic (exact) mass is 1680 g/mol. The largest absolute Gasteiger partial charge is 0.584 e. The molecule has 11 aromatic rings. The van der Waals surface area contributed by atoms with Crippen molar-refractivity contribution < 1.29 is 56.5 Å². The van der Waals surface area contributed by atoms with Crippen molar-refractivity contribution in [1.29, 1.82) is 0 Å². The number of ether oxygens (including phenoxy) is 7. The van der Waals surface area contributed by atoms with E-state index < -0.39 is 37.5 Å². The highest BCUT2D eigenvalue weighted by Gasteiger charge is 2.42. The molecule has 18 nitrogen and oxygen atoms in total. The molecule has 0 spiro atoms. The van der Waals surface area contributed by atoms with Gasteiger partial charge < -0.3 is 42.2 Å². The van der Waals surface area contributed by atoms with Crippen molar-refractivity contribution in [3.63, 3.8) is 0 Å². The highest BCUT2D eigenvalue weighted by molar-refractivity contribution is 7.48. The lowest BCUT2D eigenvalue weighted by atomic mass is 9.76. The molecule has 3 aromatic heterocycles. The second-order valence-corrected chi connectivity index (χ2v) is 36.2. The fourth-order valence-electron chi connectivity index (χ4n) is 19.2. The molecule has 0 saturated carbocycles. The molecule has 1 N–H and O–H groups in total. The number of esters is 1. The quantitative estimate of drug-likeness (QED) is 0.0214. The third-order valence-corrected chi connectivity index (χ3v) is 26.7. The van der Waals surface area contributed by atoms with Crippen LogP contribution in [-0.4, -0.2) is 47.9 Å². The van der Waals surface area contributed by atoms with Crippen molar-refractivity contribution in [1.82, 2.24) is 29.9 Å². The maximum Gasteiger partial charge on any atom is 0.584 e. The summed E-state index contributed by atoms with van der Waals surface area (Å²) in [5.41, 5.74) is 11.8. The Kier molecular flexibility index (Phi) is 29.2. The minimum atomic E-state index is -5.11. The number of unbranched alkanes of at least 4 members (excludes halogenated alkanes) is 32. The summed E-state index contributed by atoms with van der Waals surface area (Å²) in [6.45, 7) is 9.08. The van der Waals surface area contributed by atoms with Crippen LogP contribution in [0.25, 0.3) is 44.2 Å². The van der Waals surface area contributed by atoms with Crippen LogP contribution < -0.4 is 37.5 Å². The lowest BCUT2D eigenvalue weighted by molar-refractivity contribution is 0.0601. The summed E-state index contributed by atoms with van der Waals surface area (Å²) < 4.78 is 79.8. The second-order valence-electron chi connectivity index (χ2n) is 34.9. The minimum Gasteiger partial charge on any atom is -0.465 e. The zero-order chi connectivity index (χ0) is 84.4. The number of rotatable bonds is 42. The number of phosphoric ester groups is 1. The Morgan fingerprint density at radius 3 is 0.837 bits per heavy atom. The van der Waals surface area contributed by atoms with E-state index >= 15 is 4.57 Å². The van der Waals surface area contributed by atoms with E-state index in [9.17, 15) is 9.69 Å². The van der Waals surface area contributed by atoms with Gasteiger partial charge in [-0.05, 0) is 104 Å². The summed E-state index contributed by atoms with van der Waals surface area (Å²) in [7, 11) is -3.72. The third kappa shape index (κ3) is 20.6. The van der Waals surface area contributed by atoms with Crippen molar-refractivity contribution in [3.05, 3.63) is 190 Å². The van der Waals surface area contributed by atoms with Gasteiger partial charge in [0.15, 0.2) is 0 Å². The molecule has 5 aliphatic rings. The van der Waals surface area contributed by atoms with Crippen LogP contribution in [0, 0.1) is 0 Å². The molecule has 16 rings (SSSR count). The first-order chi connectivity index (χ1) is 60.4. The SMILES string of the molecule is CCCCCCCCCCCC1c2cc3c4cc2Oc2nc5ccc(-c6ccccc6C(=O)OC)cc5nc2Oc2cc5c(cc21)C(CCCCCCCCCCC)c1cc2c(cc1Oc1nc6ccccc6nc1O5)OP(=O)(O)Oc1cc(c(cc1C2CCCCCCCCCCC)C3CCCCCCCCCCC)Oc1nc2ccccc2nc1O4. The molecule has 0 radical (unpaired) electrons. The molecule has 0 fully saturated rings. The standard InChI is InChI=1S/C104H123N6O12P/c1-6-10-14-18-22-26-30-34-38-49-71-76-61-78-72(50-39-35-31-27-23-19-15-11-7-2)80-63-82-74(52-41-37-33-29-25-21-17-13-9-4)83-64-81-73(51-40-36-32-28-24-20-16-12-8-3)79-62-77(71)93-66-91(79)116-99-101(108-87-57-47-45-55-85(87)106-99)120-95(81)68-97(83)122-123(112,113)121-96(82)67-94(80)119-100-98(105-84-54-44-46-56-86(84)107-100)115-90(78)65-92(76)117-102-103(118-93)110-89-60-69(58-59-88(89)109-102)70-48-42-43-53-75(70)104(111)114-5/h42-48,53-68,71-74H,6-41,49-52H2,1-5H3,(H,112,113). The molecule has 0 saturated heterocycles. The maximum atomic E-state index is 15.6. The zero-order valence-electron chi connectivity index (χ0n) is 72.9. The van der Waals surface area contributed by atoms with Crippen LogP contribution in [0.15, 0.2) is 140 Å². The summed E-state index contributed by atoms with van der Waals surface area (Å²) >= 11 is 0. The van der Waals surface area contributed by atoms with Crippen LogP contribution >= 0.6 is 7.82 Å². The summed E-state index contributed by atoms with van der Waals surface area (Å²) in [4.78, 5) is 58.3. The molecular formula is C104H123N6O12P. The Labute approximate surface area is 726 Å². The van der Waals surface area contributed by atoms with Crippen molar-refractivity contribution >= 4 is 46.9 Å². The zero-order valence-corrected chi connectivity index (χ0v) is 73.8. The normalized spacial score (nSPS) is 16.8. The smallest absolute Gasteiger partial charge is 0.465 e. The van der Waals surface area contributed by atoms with Gasteiger partial charge in [-0.3, -0.25) is 4.89 Å². The molecule has 8 aromatic carbocycles. The van der Waals surface area contributed by atoms with Gasteiger partial charge in [-0.15, -0.1) is 0 Å². The van der Waals surface area contributed by atoms with Crippen LogP contribution in [0.5, 0.6) is 81.3 Å². The average Bonchev–Trinajstić information content (AvgIpc) is 1.66. The van der Waals surface area contributed by atoms with Crippen LogP contribution in [0.1, 0.15) is 363 Å². The summed E-state index contributed by atoms with van der Waals surface area (Å²) in [6, 6.07) is 45.4. The van der Waals surface area contributed by atoms with E-state index in [2.05, 4.69) is 52.0 Å². The van der Waals surface area contributed by atoms with Crippen molar-refractivity contribution in [2.24, 2.45) is 0 Å². The number of hydrogen-bond donors (Lipinski definition) is 1. The maximum absolute atomic E-state index is 15.6. The van der Waals surface area contributed by atoms with E-state index in [1.165, 1.54) is 136 Å². The van der Waals surface area contributed by atoms with Gasteiger partial charge in [0.1, 0.15) is 46.0 Å². The topological polar surface area (TPSA) is 215 Å². The fraction of sp³-hybridized carbons (Fsp3) is 0.471. The van der Waals surface area contributed by atoms with Crippen molar-refractivity contribution in [2.45, 2.75) is 308 Å². The van der Waals surface area contributed by atoms with Gasteiger partial charge in [-0.1, -0.05) is 307 Å². The van der Waals surface area contributed by atoms with Gasteiger partial charge in [-0.2, -0.15) is 0 Å². The Hall–Kier alpha value is -10.2. The molecule has 646 valence electrons. The van der Waals surface area contributed by atoms with Crippen LogP contribution in [0.2, 0.25) is 0 Å². The van der Waals surface area contributed by atoms with E-state index in [1.807, 2.05) is 109 Å². The second kappa shape index (κ2) is 41.6. The number of carbonyl (C=O) groups is 1. The Bertz CT molecular complexity index is 5560. The first-order valence-electron chi connectivity index (χ1n) is 47.0.